The molecule has 0 radical (unpaired) electrons. The van der Waals surface area contributed by atoms with E-state index >= 15 is 0 Å². The van der Waals surface area contributed by atoms with Gasteiger partial charge in [-0.15, -0.1) is 6.42 Å². The third kappa shape index (κ3) is 2.86. The molecule has 0 aliphatic rings. The zero-order chi connectivity index (χ0) is 12.0. The van der Waals surface area contributed by atoms with Crippen LogP contribution in [0.15, 0.2) is 6.07 Å². The van der Waals surface area contributed by atoms with Crippen molar-refractivity contribution in [3.05, 3.63) is 17.5 Å². The minimum Gasteiger partial charge on any atom is -0.299 e. The number of aryl methyl sites for hydroxylation is 2. The fourth-order valence-corrected chi connectivity index (χ4v) is 1.68. The maximum atomic E-state index is 5.57. The molecule has 1 rings (SSSR count). The summed E-state index contributed by atoms with van der Waals surface area (Å²) in [6.45, 7) is 8.13. The third-order valence-corrected chi connectivity index (χ3v) is 2.58. The molecule has 3 heteroatoms. The molecule has 0 aromatic carbocycles. The number of rotatable bonds is 6. The Hall–Kier alpha value is -1.27. The van der Waals surface area contributed by atoms with E-state index in [-0.39, 0.29) is 6.04 Å². The number of hydrogen-bond acceptors (Lipinski definition) is 2. The lowest BCUT2D eigenvalue weighted by Gasteiger charge is -2.13. The lowest BCUT2D eigenvalue weighted by Crippen LogP contribution is -2.23. The van der Waals surface area contributed by atoms with E-state index in [4.69, 9.17) is 6.42 Å². The number of nitrogens with zero attached hydrogens (tertiary/aromatic N) is 2. The molecule has 1 aromatic heterocycles. The fourth-order valence-electron chi connectivity index (χ4n) is 1.68. The van der Waals surface area contributed by atoms with Gasteiger partial charge in [0.15, 0.2) is 0 Å². The molecule has 1 unspecified atom stereocenters. The van der Waals surface area contributed by atoms with Crippen molar-refractivity contribution in [1.82, 2.24) is 15.1 Å². The van der Waals surface area contributed by atoms with E-state index in [1.54, 1.807) is 0 Å². The average molecular weight is 219 g/mol. The van der Waals surface area contributed by atoms with Crippen molar-refractivity contribution in [3.63, 3.8) is 0 Å². The molecular formula is C13H21N3. The first-order chi connectivity index (χ1) is 7.76. The second kappa shape index (κ2) is 6.34. The monoisotopic (exact) mass is 219 g/mol. The van der Waals surface area contributed by atoms with Gasteiger partial charge >= 0.3 is 0 Å². The molecule has 1 atom stereocenters. The van der Waals surface area contributed by atoms with Crippen molar-refractivity contribution in [2.24, 2.45) is 0 Å². The molecule has 0 fully saturated rings. The molecule has 0 aliphatic heterocycles. The standard InChI is InChI=1S/C13H21N3/c1-5-9-14-12(7-3)13-10-11(6-2)15-16(13)8-4/h3,10,12,14H,5-6,8-9H2,1-2,4H3. The Kier molecular flexibility index (Phi) is 5.07. The normalized spacial score (nSPS) is 12.4. The van der Waals surface area contributed by atoms with Crippen molar-refractivity contribution in [2.45, 2.75) is 46.2 Å². The van der Waals surface area contributed by atoms with E-state index in [1.807, 2.05) is 4.68 Å². The molecule has 3 nitrogen and oxygen atoms in total. The second-order valence-electron chi connectivity index (χ2n) is 3.78. The van der Waals surface area contributed by atoms with Crippen LogP contribution in [0.4, 0.5) is 0 Å². The van der Waals surface area contributed by atoms with Crippen molar-refractivity contribution >= 4 is 0 Å². The summed E-state index contributed by atoms with van der Waals surface area (Å²) in [7, 11) is 0. The first-order valence-electron chi connectivity index (χ1n) is 6.02. The number of hydrogen-bond donors (Lipinski definition) is 1. The van der Waals surface area contributed by atoms with Crippen LogP contribution in [-0.4, -0.2) is 16.3 Å². The van der Waals surface area contributed by atoms with Gasteiger partial charge in [-0.25, -0.2) is 0 Å². The Bertz CT molecular complexity index is 360. The highest BCUT2D eigenvalue weighted by Crippen LogP contribution is 2.14. The SMILES string of the molecule is C#CC(NCCC)c1cc(CC)nn1CC. The molecule has 1 heterocycles. The van der Waals surface area contributed by atoms with Gasteiger partial charge in [0.25, 0.3) is 0 Å². The highest BCUT2D eigenvalue weighted by Gasteiger charge is 2.14. The maximum absolute atomic E-state index is 5.57. The molecule has 16 heavy (non-hydrogen) atoms. The summed E-state index contributed by atoms with van der Waals surface area (Å²) in [5, 5.41) is 7.86. The molecule has 88 valence electrons. The van der Waals surface area contributed by atoms with Crippen LogP contribution in [0.5, 0.6) is 0 Å². The Morgan fingerprint density at radius 1 is 1.50 bits per heavy atom. The van der Waals surface area contributed by atoms with Gasteiger partial charge in [-0.3, -0.25) is 10.00 Å². The van der Waals surface area contributed by atoms with Gasteiger partial charge in [0.1, 0.15) is 6.04 Å². The number of nitrogens with one attached hydrogen (secondary N) is 1. The van der Waals surface area contributed by atoms with Crippen molar-refractivity contribution in [1.29, 1.82) is 0 Å². The Morgan fingerprint density at radius 2 is 2.25 bits per heavy atom. The van der Waals surface area contributed by atoms with Gasteiger partial charge < -0.3 is 0 Å². The Labute approximate surface area is 98.2 Å². The Balaban J connectivity index is 2.90. The van der Waals surface area contributed by atoms with Crippen LogP contribution in [-0.2, 0) is 13.0 Å². The molecular weight excluding hydrogens is 198 g/mol. The summed E-state index contributed by atoms with van der Waals surface area (Å²) in [6, 6.07) is 2.09. The maximum Gasteiger partial charge on any atom is 0.111 e. The Morgan fingerprint density at radius 3 is 2.75 bits per heavy atom. The zero-order valence-corrected chi connectivity index (χ0v) is 10.5. The summed E-state index contributed by atoms with van der Waals surface area (Å²) in [4.78, 5) is 0. The van der Waals surface area contributed by atoms with Crippen LogP contribution < -0.4 is 5.32 Å². The largest absolute Gasteiger partial charge is 0.299 e. The summed E-state index contributed by atoms with van der Waals surface area (Å²) < 4.78 is 1.99. The van der Waals surface area contributed by atoms with E-state index in [0.29, 0.717) is 0 Å². The first-order valence-corrected chi connectivity index (χ1v) is 6.02. The minimum atomic E-state index is -0.0206. The molecule has 0 aliphatic carbocycles. The van der Waals surface area contributed by atoms with Crippen LogP contribution in [0.3, 0.4) is 0 Å². The summed E-state index contributed by atoms with van der Waals surface area (Å²) >= 11 is 0. The highest BCUT2D eigenvalue weighted by molar-refractivity contribution is 5.21. The lowest BCUT2D eigenvalue weighted by molar-refractivity contribution is 0.546. The zero-order valence-electron chi connectivity index (χ0n) is 10.5. The van der Waals surface area contributed by atoms with Gasteiger partial charge in [-0.05, 0) is 32.4 Å². The predicted octanol–water partition coefficient (Wildman–Crippen LogP) is 2.14. The van der Waals surface area contributed by atoms with E-state index in [1.165, 1.54) is 0 Å². The lowest BCUT2D eigenvalue weighted by atomic mass is 10.2. The minimum absolute atomic E-state index is 0.0206. The topological polar surface area (TPSA) is 29.9 Å². The van der Waals surface area contributed by atoms with Gasteiger partial charge in [0.05, 0.1) is 11.4 Å². The van der Waals surface area contributed by atoms with Crippen LogP contribution in [0, 0.1) is 12.3 Å². The van der Waals surface area contributed by atoms with Crippen LogP contribution in [0.25, 0.3) is 0 Å². The van der Waals surface area contributed by atoms with E-state index in [9.17, 15) is 0 Å². The smallest absolute Gasteiger partial charge is 0.111 e. The van der Waals surface area contributed by atoms with Crippen molar-refractivity contribution in [3.8, 4) is 12.3 Å². The first kappa shape index (κ1) is 12.8. The van der Waals surface area contributed by atoms with Gasteiger partial charge in [-0.2, -0.15) is 5.10 Å². The van der Waals surface area contributed by atoms with Crippen LogP contribution in [0.2, 0.25) is 0 Å². The number of terminal acetylenes is 1. The summed E-state index contributed by atoms with van der Waals surface area (Å²) in [6.07, 6.45) is 7.60. The van der Waals surface area contributed by atoms with E-state index in [0.717, 1.165) is 37.3 Å². The van der Waals surface area contributed by atoms with Gasteiger partial charge in [-0.1, -0.05) is 19.8 Å². The van der Waals surface area contributed by atoms with Crippen LogP contribution in [0.1, 0.15) is 44.6 Å². The van der Waals surface area contributed by atoms with Crippen molar-refractivity contribution in [2.75, 3.05) is 6.54 Å². The predicted molar refractivity (Wildman–Crippen MR) is 67.1 cm³/mol. The van der Waals surface area contributed by atoms with E-state index in [2.05, 4.69) is 43.2 Å². The van der Waals surface area contributed by atoms with Crippen molar-refractivity contribution < 1.29 is 0 Å². The van der Waals surface area contributed by atoms with Gasteiger partial charge in [0, 0.05) is 6.54 Å². The molecule has 0 spiro atoms. The summed E-state index contributed by atoms with van der Waals surface area (Å²) in [5.41, 5.74) is 2.21. The average Bonchev–Trinajstić information content (AvgIpc) is 2.73. The van der Waals surface area contributed by atoms with Gasteiger partial charge in [0.2, 0.25) is 0 Å². The molecule has 1 aromatic rings. The summed E-state index contributed by atoms with van der Waals surface area (Å²) in [5.74, 6) is 2.79. The number of aromatic nitrogens is 2. The molecule has 0 saturated heterocycles. The molecule has 0 saturated carbocycles. The highest BCUT2D eigenvalue weighted by atomic mass is 15.3. The quantitative estimate of drug-likeness (QED) is 0.743. The van der Waals surface area contributed by atoms with Crippen LogP contribution >= 0.6 is 0 Å². The molecule has 0 bridgehead atoms. The third-order valence-electron chi connectivity index (χ3n) is 2.58. The second-order valence-corrected chi connectivity index (χ2v) is 3.78. The fraction of sp³-hybridized carbons (Fsp3) is 0.615. The molecule has 1 N–H and O–H groups in total. The van der Waals surface area contributed by atoms with E-state index < -0.39 is 0 Å². The molecule has 0 amide bonds.